The summed E-state index contributed by atoms with van der Waals surface area (Å²) in [7, 11) is 0. The second-order valence-corrected chi connectivity index (χ2v) is 6.92. The Labute approximate surface area is 193 Å². The summed E-state index contributed by atoms with van der Waals surface area (Å²) in [6, 6.07) is 0. The molecule has 3 N–H and O–H groups in total. The van der Waals surface area contributed by atoms with Gasteiger partial charge in [0, 0.05) is 24.1 Å². The summed E-state index contributed by atoms with van der Waals surface area (Å²) in [6.45, 7) is 21.2. The molecule has 2 heterocycles. The Bertz CT molecular complexity index is 711. The van der Waals surface area contributed by atoms with Crippen LogP contribution in [0.2, 0.25) is 0 Å². The van der Waals surface area contributed by atoms with Crippen LogP contribution in [0.3, 0.4) is 0 Å². The third kappa shape index (κ3) is 10.8. The normalized spacial score (nSPS) is 20.1. The molecule has 1 aromatic rings. The van der Waals surface area contributed by atoms with Crippen LogP contribution in [0.4, 0.5) is 0 Å². The number of hydrogen-bond donors (Lipinski definition) is 3. The average Bonchev–Trinajstić information content (AvgIpc) is 3.15. The molecule has 1 aliphatic rings. The van der Waals surface area contributed by atoms with Gasteiger partial charge in [0.1, 0.15) is 5.76 Å². The van der Waals surface area contributed by atoms with E-state index in [0.717, 1.165) is 24.1 Å². The van der Waals surface area contributed by atoms with Crippen molar-refractivity contribution in [1.82, 2.24) is 10.2 Å². The van der Waals surface area contributed by atoms with Gasteiger partial charge in [-0.05, 0) is 39.7 Å². The van der Waals surface area contributed by atoms with Crippen molar-refractivity contribution in [3.63, 3.8) is 0 Å². The van der Waals surface area contributed by atoms with Crippen LogP contribution in [0.1, 0.15) is 58.2 Å². The molecule has 3 atom stereocenters. The van der Waals surface area contributed by atoms with Gasteiger partial charge < -0.3 is 24.4 Å². The minimum atomic E-state index is -0.599. The maximum absolute atomic E-state index is 9.86. The Morgan fingerprint density at radius 1 is 1.28 bits per heavy atom. The first-order chi connectivity index (χ1) is 15.4. The molecule has 32 heavy (non-hydrogen) atoms. The third-order valence-corrected chi connectivity index (χ3v) is 4.68. The summed E-state index contributed by atoms with van der Waals surface area (Å²) >= 11 is 0. The van der Waals surface area contributed by atoms with Crippen molar-refractivity contribution < 1.29 is 24.4 Å². The van der Waals surface area contributed by atoms with Crippen molar-refractivity contribution in [2.75, 3.05) is 13.2 Å². The number of rotatable bonds is 10. The molecule has 2 rings (SSSR count). The molecular formula is C25H42N2O5. The van der Waals surface area contributed by atoms with E-state index in [1.807, 2.05) is 46.8 Å². The molecule has 3 unspecified atom stereocenters. The van der Waals surface area contributed by atoms with Crippen molar-refractivity contribution in [2.45, 2.75) is 78.8 Å². The van der Waals surface area contributed by atoms with Crippen molar-refractivity contribution in [2.24, 2.45) is 0 Å². The number of aliphatic hydroxyl groups is 2. The van der Waals surface area contributed by atoms with Crippen molar-refractivity contribution in [3.05, 3.63) is 60.6 Å². The van der Waals surface area contributed by atoms with E-state index in [2.05, 4.69) is 29.9 Å². The highest BCUT2D eigenvalue weighted by Crippen LogP contribution is 2.27. The molecule has 1 aromatic heterocycles. The number of H-pyrrole nitrogens is 1. The highest BCUT2D eigenvalue weighted by atomic mass is 16.7. The number of aliphatic hydroxyl groups excluding tert-OH is 2. The van der Waals surface area contributed by atoms with E-state index in [1.165, 1.54) is 5.57 Å². The standard InChI is InChI=1S/C17H26N2O4.C6H10O.C2H6/c1-4-12(5-2)6-7-15-11(3)18-19-17(15)23-16-9-13(21)8-14(10-20)22-16;1-4-6(3)7-5-2;1-2/h4-5,13-14,16,20-21H,1,6-10H2,2-3H3,(H,18,19);4H,1,3,5H2,2H3;1-2H3/b12-5+;;. The van der Waals surface area contributed by atoms with E-state index in [0.29, 0.717) is 31.1 Å². The molecule has 1 fully saturated rings. The monoisotopic (exact) mass is 450 g/mol. The molecule has 0 amide bonds. The van der Waals surface area contributed by atoms with Gasteiger partial charge in [-0.2, -0.15) is 0 Å². The zero-order chi connectivity index (χ0) is 24.5. The number of nitrogens with one attached hydrogen (secondary N) is 1. The minimum Gasteiger partial charge on any atom is -0.495 e. The first-order valence-electron chi connectivity index (χ1n) is 11.2. The summed E-state index contributed by atoms with van der Waals surface area (Å²) in [6.07, 6.45) is 6.36. The zero-order valence-corrected chi connectivity index (χ0v) is 20.4. The maximum atomic E-state index is 9.86. The average molecular weight is 451 g/mol. The second kappa shape index (κ2) is 17.2. The Balaban J connectivity index is 0.000000911. The number of aromatic amines is 1. The van der Waals surface area contributed by atoms with Crippen molar-refractivity contribution in [3.8, 4) is 5.88 Å². The van der Waals surface area contributed by atoms with Gasteiger partial charge >= 0.3 is 0 Å². The van der Waals surface area contributed by atoms with Gasteiger partial charge in [0.2, 0.25) is 12.2 Å². The highest BCUT2D eigenvalue weighted by Gasteiger charge is 2.30. The van der Waals surface area contributed by atoms with E-state index in [-0.39, 0.29) is 6.61 Å². The largest absolute Gasteiger partial charge is 0.495 e. The number of aryl methyl sites for hydroxylation is 1. The van der Waals surface area contributed by atoms with Gasteiger partial charge in [-0.15, -0.1) is 5.10 Å². The molecule has 7 nitrogen and oxygen atoms in total. The fraction of sp³-hybridized carbons (Fsp3) is 0.560. The van der Waals surface area contributed by atoms with Crippen LogP contribution < -0.4 is 4.74 Å². The zero-order valence-electron chi connectivity index (χ0n) is 20.4. The number of aromatic nitrogens is 2. The van der Waals surface area contributed by atoms with Crippen LogP contribution in [-0.2, 0) is 15.9 Å². The van der Waals surface area contributed by atoms with E-state index < -0.39 is 18.5 Å². The van der Waals surface area contributed by atoms with Crippen LogP contribution in [0.5, 0.6) is 5.88 Å². The molecule has 7 heteroatoms. The fourth-order valence-corrected chi connectivity index (χ4v) is 2.97. The van der Waals surface area contributed by atoms with Gasteiger partial charge in [-0.3, -0.25) is 5.10 Å². The van der Waals surface area contributed by atoms with E-state index in [4.69, 9.17) is 14.2 Å². The Hall–Kier alpha value is -2.35. The molecule has 1 saturated heterocycles. The van der Waals surface area contributed by atoms with Gasteiger partial charge in [0.05, 0.1) is 25.4 Å². The van der Waals surface area contributed by atoms with E-state index in [1.54, 1.807) is 6.08 Å². The molecule has 0 radical (unpaired) electrons. The van der Waals surface area contributed by atoms with E-state index in [9.17, 15) is 10.2 Å². The smallest absolute Gasteiger partial charge is 0.238 e. The SMILES string of the molecule is C=C/C(=C\C)CCc1c(OC2CC(O)CC(CO)O2)n[nH]c1C.C=CC(=C)OCC.CC. The predicted octanol–water partition coefficient (Wildman–Crippen LogP) is 4.77. The Morgan fingerprint density at radius 3 is 2.47 bits per heavy atom. The number of nitrogens with zero attached hydrogens (tertiary/aromatic N) is 1. The molecule has 0 spiro atoms. The van der Waals surface area contributed by atoms with Crippen LogP contribution in [0.25, 0.3) is 0 Å². The van der Waals surface area contributed by atoms with Crippen LogP contribution in [0, 0.1) is 6.92 Å². The number of allylic oxidation sites excluding steroid dienone is 4. The quantitative estimate of drug-likeness (QED) is 0.351. The van der Waals surface area contributed by atoms with Crippen molar-refractivity contribution in [1.29, 1.82) is 0 Å². The predicted molar refractivity (Wildman–Crippen MR) is 130 cm³/mol. The van der Waals surface area contributed by atoms with Crippen LogP contribution >= 0.6 is 0 Å². The lowest BCUT2D eigenvalue weighted by molar-refractivity contribution is -0.186. The van der Waals surface area contributed by atoms with Gasteiger partial charge in [0.25, 0.3) is 0 Å². The molecule has 1 aliphatic heterocycles. The molecule has 0 aromatic carbocycles. The van der Waals surface area contributed by atoms with Crippen LogP contribution in [-0.4, -0.2) is 52.1 Å². The Morgan fingerprint density at radius 2 is 1.97 bits per heavy atom. The van der Waals surface area contributed by atoms with Crippen LogP contribution in [0.15, 0.2) is 49.3 Å². The second-order valence-electron chi connectivity index (χ2n) is 6.92. The summed E-state index contributed by atoms with van der Waals surface area (Å²) in [4.78, 5) is 0. The van der Waals surface area contributed by atoms with Gasteiger partial charge in [-0.25, -0.2) is 0 Å². The maximum Gasteiger partial charge on any atom is 0.238 e. The summed E-state index contributed by atoms with van der Waals surface area (Å²) < 4.78 is 16.3. The van der Waals surface area contributed by atoms with Gasteiger partial charge in [-0.1, -0.05) is 51.3 Å². The third-order valence-electron chi connectivity index (χ3n) is 4.68. The molecule has 182 valence electrons. The first kappa shape index (κ1) is 29.7. The van der Waals surface area contributed by atoms with E-state index >= 15 is 0 Å². The molecular weight excluding hydrogens is 408 g/mol. The molecule has 0 saturated carbocycles. The lowest BCUT2D eigenvalue weighted by Crippen LogP contribution is -2.40. The lowest BCUT2D eigenvalue weighted by Gasteiger charge is -2.31. The topological polar surface area (TPSA) is 96.8 Å². The van der Waals surface area contributed by atoms with Gasteiger partial charge in [0.15, 0.2) is 0 Å². The fourth-order valence-electron chi connectivity index (χ4n) is 2.97. The highest BCUT2D eigenvalue weighted by molar-refractivity contribution is 5.31. The van der Waals surface area contributed by atoms with Crippen molar-refractivity contribution >= 4 is 0 Å². The number of ether oxygens (including phenoxy) is 3. The minimum absolute atomic E-state index is 0.132. The Kier molecular flexibility index (Phi) is 16.0. The lowest BCUT2D eigenvalue weighted by atomic mass is 10.0. The molecule has 0 aliphatic carbocycles. The summed E-state index contributed by atoms with van der Waals surface area (Å²) in [5, 5.41) is 26.2. The summed E-state index contributed by atoms with van der Waals surface area (Å²) in [5.41, 5.74) is 3.12. The number of hydrogen-bond acceptors (Lipinski definition) is 6. The first-order valence-corrected chi connectivity index (χ1v) is 11.2. The molecule has 0 bridgehead atoms. The summed E-state index contributed by atoms with van der Waals surface area (Å²) in [5.74, 6) is 1.14.